The molecular formula is C19H30N2. The van der Waals surface area contributed by atoms with E-state index in [1.54, 1.807) is 5.56 Å². The molecule has 1 aromatic carbocycles. The Hall–Kier alpha value is -0.860. The molecule has 2 unspecified atom stereocenters. The van der Waals surface area contributed by atoms with Crippen molar-refractivity contribution >= 4 is 0 Å². The van der Waals surface area contributed by atoms with Crippen molar-refractivity contribution in [3.05, 3.63) is 35.4 Å². The summed E-state index contributed by atoms with van der Waals surface area (Å²) in [4.78, 5) is 2.56. The predicted octanol–water partition coefficient (Wildman–Crippen LogP) is 3.95. The monoisotopic (exact) mass is 286 g/mol. The van der Waals surface area contributed by atoms with Gasteiger partial charge in [0.2, 0.25) is 0 Å². The number of nitrogens with one attached hydrogen (secondary N) is 1. The van der Waals surface area contributed by atoms with E-state index < -0.39 is 0 Å². The van der Waals surface area contributed by atoms with E-state index in [4.69, 9.17) is 0 Å². The third-order valence-corrected chi connectivity index (χ3v) is 5.17. The number of rotatable bonds is 6. The van der Waals surface area contributed by atoms with Crippen molar-refractivity contribution < 1.29 is 0 Å². The van der Waals surface area contributed by atoms with Gasteiger partial charge in [-0.25, -0.2) is 0 Å². The van der Waals surface area contributed by atoms with Crippen molar-refractivity contribution in [2.75, 3.05) is 26.7 Å². The lowest BCUT2D eigenvalue weighted by Gasteiger charge is -2.40. The molecule has 2 nitrogen and oxygen atoms in total. The quantitative estimate of drug-likeness (QED) is 0.797. The zero-order valence-electron chi connectivity index (χ0n) is 13.6. The standard InChI is InChI=1S/C19H30N2/c1-3-12-20-14-18-5-4-13-21(2)19(18)17-10-8-16(9-11-17)15-6-7-15/h8-11,15,18-20H,3-7,12-14H2,1-2H3. The Morgan fingerprint density at radius 3 is 2.48 bits per heavy atom. The minimum Gasteiger partial charge on any atom is -0.316 e. The van der Waals surface area contributed by atoms with Gasteiger partial charge in [0.05, 0.1) is 0 Å². The highest BCUT2D eigenvalue weighted by Gasteiger charge is 2.30. The van der Waals surface area contributed by atoms with E-state index in [1.807, 2.05) is 0 Å². The van der Waals surface area contributed by atoms with Crippen molar-refractivity contribution in [1.29, 1.82) is 0 Å². The van der Waals surface area contributed by atoms with Crippen LogP contribution in [-0.4, -0.2) is 31.6 Å². The fourth-order valence-electron chi connectivity index (χ4n) is 3.85. The van der Waals surface area contributed by atoms with Crippen LogP contribution in [0.25, 0.3) is 0 Å². The normalized spacial score (nSPS) is 27.0. The van der Waals surface area contributed by atoms with Gasteiger partial charge in [0.1, 0.15) is 0 Å². The van der Waals surface area contributed by atoms with Crippen molar-refractivity contribution in [3.8, 4) is 0 Å². The van der Waals surface area contributed by atoms with Crippen LogP contribution >= 0.6 is 0 Å². The summed E-state index contributed by atoms with van der Waals surface area (Å²) in [6.45, 7) is 5.79. The van der Waals surface area contributed by atoms with Crippen molar-refractivity contribution in [2.24, 2.45) is 5.92 Å². The molecule has 0 amide bonds. The van der Waals surface area contributed by atoms with Crippen LogP contribution in [0.15, 0.2) is 24.3 Å². The molecule has 0 aromatic heterocycles. The molecule has 1 heterocycles. The van der Waals surface area contributed by atoms with Crippen molar-refractivity contribution in [1.82, 2.24) is 10.2 Å². The zero-order valence-corrected chi connectivity index (χ0v) is 13.6. The molecule has 21 heavy (non-hydrogen) atoms. The highest BCUT2D eigenvalue weighted by molar-refractivity contribution is 5.30. The fourth-order valence-corrected chi connectivity index (χ4v) is 3.85. The SMILES string of the molecule is CCCNCC1CCCN(C)C1c1ccc(C2CC2)cc1. The Kier molecular flexibility index (Phi) is 4.97. The number of nitrogens with zero attached hydrogens (tertiary/aromatic N) is 1. The highest BCUT2D eigenvalue weighted by atomic mass is 15.1. The van der Waals surface area contributed by atoms with Gasteiger partial charge in [0.15, 0.2) is 0 Å². The van der Waals surface area contributed by atoms with E-state index in [-0.39, 0.29) is 0 Å². The second-order valence-electron chi connectivity index (χ2n) is 6.97. The van der Waals surface area contributed by atoms with Crippen LogP contribution < -0.4 is 5.32 Å². The molecule has 1 aromatic rings. The molecule has 1 saturated heterocycles. The molecule has 1 saturated carbocycles. The largest absolute Gasteiger partial charge is 0.316 e. The average molecular weight is 286 g/mol. The summed E-state index contributed by atoms with van der Waals surface area (Å²) < 4.78 is 0. The lowest BCUT2D eigenvalue weighted by molar-refractivity contribution is 0.119. The molecule has 0 bridgehead atoms. The number of benzene rings is 1. The molecule has 2 atom stereocenters. The number of piperidine rings is 1. The summed E-state index contributed by atoms with van der Waals surface area (Å²) in [6.07, 6.45) is 6.71. The summed E-state index contributed by atoms with van der Waals surface area (Å²) in [7, 11) is 2.30. The van der Waals surface area contributed by atoms with Gasteiger partial charge in [-0.3, -0.25) is 4.90 Å². The molecule has 1 N–H and O–H groups in total. The summed E-state index contributed by atoms with van der Waals surface area (Å²) in [5.41, 5.74) is 3.07. The minimum atomic E-state index is 0.594. The van der Waals surface area contributed by atoms with Gasteiger partial charge in [0, 0.05) is 6.04 Å². The van der Waals surface area contributed by atoms with Crippen LogP contribution in [0, 0.1) is 5.92 Å². The number of hydrogen-bond acceptors (Lipinski definition) is 2. The molecule has 2 heteroatoms. The third kappa shape index (κ3) is 3.67. The Balaban J connectivity index is 1.70. The summed E-state index contributed by atoms with van der Waals surface area (Å²) >= 11 is 0. The van der Waals surface area contributed by atoms with Gasteiger partial charge in [-0.05, 0) is 81.7 Å². The maximum absolute atomic E-state index is 3.64. The number of hydrogen-bond donors (Lipinski definition) is 1. The second-order valence-corrected chi connectivity index (χ2v) is 6.97. The molecule has 1 aliphatic carbocycles. The second kappa shape index (κ2) is 6.93. The van der Waals surface area contributed by atoms with E-state index >= 15 is 0 Å². The third-order valence-electron chi connectivity index (χ3n) is 5.17. The van der Waals surface area contributed by atoms with Gasteiger partial charge >= 0.3 is 0 Å². The Morgan fingerprint density at radius 1 is 1.10 bits per heavy atom. The Morgan fingerprint density at radius 2 is 1.81 bits per heavy atom. The van der Waals surface area contributed by atoms with Crippen LogP contribution in [-0.2, 0) is 0 Å². The first-order valence-corrected chi connectivity index (χ1v) is 8.80. The van der Waals surface area contributed by atoms with Crippen LogP contribution in [0.3, 0.4) is 0 Å². The predicted molar refractivity (Wildman–Crippen MR) is 89.7 cm³/mol. The van der Waals surface area contributed by atoms with Crippen LogP contribution in [0.2, 0.25) is 0 Å². The van der Waals surface area contributed by atoms with Crippen molar-refractivity contribution in [2.45, 2.75) is 51.0 Å². The molecular weight excluding hydrogens is 256 g/mol. The zero-order chi connectivity index (χ0) is 14.7. The highest BCUT2D eigenvalue weighted by Crippen LogP contribution is 2.41. The lowest BCUT2D eigenvalue weighted by atomic mass is 9.84. The van der Waals surface area contributed by atoms with Crippen LogP contribution in [0.4, 0.5) is 0 Å². The maximum atomic E-state index is 3.64. The average Bonchev–Trinajstić information content (AvgIpc) is 3.33. The Labute approximate surface area is 129 Å². The molecule has 3 rings (SSSR count). The maximum Gasteiger partial charge on any atom is 0.0385 e. The van der Waals surface area contributed by atoms with Crippen LogP contribution in [0.1, 0.15) is 62.1 Å². The fraction of sp³-hybridized carbons (Fsp3) is 0.684. The van der Waals surface area contributed by atoms with E-state index in [9.17, 15) is 0 Å². The molecule has 0 spiro atoms. The van der Waals surface area contributed by atoms with Crippen molar-refractivity contribution in [3.63, 3.8) is 0 Å². The summed E-state index contributed by atoms with van der Waals surface area (Å²) in [6, 6.07) is 10.1. The van der Waals surface area contributed by atoms with Gasteiger partial charge in [-0.1, -0.05) is 31.2 Å². The van der Waals surface area contributed by atoms with E-state index in [0.717, 1.165) is 24.9 Å². The summed E-state index contributed by atoms with van der Waals surface area (Å²) in [5.74, 6) is 1.62. The van der Waals surface area contributed by atoms with Gasteiger partial charge in [-0.15, -0.1) is 0 Å². The topological polar surface area (TPSA) is 15.3 Å². The first-order chi connectivity index (χ1) is 10.3. The lowest BCUT2D eigenvalue weighted by Crippen LogP contribution is -2.40. The molecule has 2 fully saturated rings. The van der Waals surface area contributed by atoms with Gasteiger partial charge < -0.3 is 5.32 Å². The molecule has 0 radical (unpaired) electrons. The number of likely N-dealkylation sites (tertiary alicyclic amines) is 1. The van der Waals surface area contributed by atoms with E-state index in [2.05, 4.69) is 48.5 Å². The van der Waals surface area contributed by atoms with Crippen LogP contribution in [0.5, 0.6) is 0 Å². The smallest absolute Gasteiger partial charge is 0.0385 e. The van der Waals surface area contributed by atoms with E-state index in [1.165, 1.54) is 44.2 Å². The molecule has 116 valence electrons. The molecule has 1 aliphatic heterocycles. The molecule has 2 aliphatic rings. The minimum absolute atomic E-state index is 0.594. The first kappa shape index (κ1) is 15.1. The van der Waals surface area contributed by atoms with Gasteiger partial charge in [0.25, 0.3) is 0 Å². The summed E-state index contributed by atoms with van der Waals surface area (Å²) in [5, 5.41) is 3.64. The first-order valence-electron chi connectivity index (χ1n) is 8.80. The van der Waals surface area contributed by atoms with Gasteiger partial charge in [-0.2, -0.15) is 0 Å². The van der Waals surface area contributed by atoms with E-state index in [0.29, 0.717) is 6.04 Å². The Bertz CT molecular complexity index is 435.